The number of rotatable bonds is 5. The van der Waals surface area contributed by atoms with Crippen LogP contribution in [0.15, 0.2) is 16.8 Å². The molecule has 1 aliphatic rings. The fourth-order valence-electron chi connectivity index (χ4n) is 2.37. The van der Waals surface area contributed by atoms with E-state index in [-0.39, 0.29) is 24.9 Å². The van der Waals surface area contributed by atoms with Crippen molar-refractivity contribution in [2.75, 3.05) is 13.1 Å². The van der Waals surface area contributed by atoms with Crippen molar-refractivity contribution in [2.45, 2.75) is 37.7 Å². The van der Waals surface area contributed by atoms with E-state index in [1.54, 1.807) is 11.4 Å². The Labute approximate surface area is 122 Å². The van der Waals surface area contributed by atoms with Crippen LogP contribution in [0.3, 0.4) is 0 Å². The number of thiophene rings is 1. The fourth-order valence-corrected chi connectivity index (χ4v) is 3.00. The maximum atomic E-state index is 11.7. The number of carbonyl (C=O) groups excluding carboxylic acids is 2. The summed E-state index contributed by atoms with van der Waals surface area (Å²) in [7, 11) is 0. The Kier molecular flexibility index (Phi) is 5.14. The van der Waals surface area contributed by atoms with Crippen molar-refractivity contribution in [3.63, 3.8) is 0 Å². The third kappa shape index (κ3) is 4.31. The molecule has 1 aliphatic carbocycles. The Bertz CT molecular complexity index is 453. The van der Waals surface area contributed by atoms with E-state index in [2.05, 4.69) is 10.6 Å². The molecule has 0 spiro atoms. The van der Waals surface area contributed by atoms with Gasteiger partial charge in [-0.3, -0.25) is 9.59 Å². The van der Waals surface area contributed by atoms with Gasteiger partial charge in [-0.2, -0.15) is 11.3 Å². The predicted octanol–water partition coefficient (Wildman–Crippen LogP) is 1.29. The zero-order chi connectivity index (χ0) is 14.4. The largest absolute Gasteiger partial charge is 0.388 e. The van der Waals surface area contributed by atoms with Crippen LogP contribution in [0.4, 0.5) is 0 Å². The summed E-state index contributed by atoms with van der Waals surface area (Å²) < 4.78 is 0. The number of aliphatic hydroxyl groups is 1. The monoisotopic (exact) mass is 296 g/mol. The summed E-state index contributed by atoms with van der Waals surface area (Å²) in [5, 5.41) is 19.0. The number of hydrogen-bond acceptors (Lipinski definition) is 4. The van der Waals surface area contributed by atoms with Crippen molar-refractivity contribution in [3.8, 4) is 0 Å². The molecular weight excluding hydrogens is 276 g/mol. The third-order valence-electron chi connectivity index (χ3n) is 3.59. The molecule has 1 heterocycles. The highest BCUT2D eigenvalue weighted by Crippen LogP contribution is 2.27. The second kappa shape index (κ2) is 6.85. The second-order valence-electron chi connectivity index (χ2n) is 5.26. The van der Waals surface area contributed by atoms with Gasteiger partial charge >= 0.3 is 0 Å². The van der Waals surface area contributed by atoms with Crippen molar-refractivity contribution in [1.29, 1.82) is 0 Å². The van der Waals surface area contributed by atoms with Gasteiger partial charge in [0.05, 0.1) is 12.1 Å². The van der Waals surface area contributed by atoms with Crippen molar-refractivity contribution < 1.29 is 14.7 Å². The van der Waals surface area contributed by atoms with E-state index < -0.39 is 5.60 Å². The topological polar surface area (TPSA) is 78.4 Å². The van der Waals surface area contributed by atoms with E-state index >= 15 is 0 Å². The van der Waals surface area contributed by atoms with Crippen LogP contribution in [0, 0.1) is 0 Å². The van der Waals surface area contributed by atoms with Gasteiger partial charge in [0.2, 0.25) is 5.91 Å². The van der Waals surface area contributed by atoms with Gasteiger partial charge in [-0.05, 0) is 24.3 Å². The Balaban J connectivity index is 1.69. The molecule has 0 atom stereocenters. The normalized spacial score (nSPS) is 17.4. The third-order valence-corrected chi connectivity index (χ3v) is 4.27. The molecule has 2 rings (SSSR count). The Morgan fingerprint density at radius 1 is 1.25 bits per heavy atom. The summed E-state index contributed by atoms with van der Waals surface area (Å²) in [6.45, 7) is 0.199. The molecule has 1 saturated carbocycles. The smallest absolute Gasteiger partial charge is 0.252 e. The summed E-state index contributed by atoms with van der Waals surface area (Å²) in [6, 6.07) is 1.71. The van der Waals surface area contributed by atoms with Gasteiger partial charge in [0, 0.05) is 17.5 Å². The predicted molar refractivity (Wildman–Crippen MR) is 77.7 cm³/mol. The van der Waals surface area contributed by atoms with Crippen LogP contribution < -0.4 is 10.6 Å². The number of nitrogens with one attached hydrogen (secondary N) is 2. The molecule has 0 saturated heterocycles. The van der Waals surface area contributed by atoms with Gasteiger partial charge in [0.25, 0.3) is 5.91 Å². The fraction of sp³-hybridized carbons (Fsp3) is 0.571. The van der Waals surface area contributed by atoms with Crippen LogP contribution in [0.2, 0.25) is 0 Å². The maximum absolute atomic E-state index is 11.7. The van der Waals surface area contributed by atoms with E-state index in [0.29, 0.717) is 5.56 Å². The number of carbonyl (C=O) groups is 2. The Hall–Kier alpha value is -1.40. The first-order chi connectivity index (χ1) is 9.59. The molecule has 5 nitrogen and oxygen atoms in total. The number of amides is 2. The van der Waals surface area contributed by atoms with E-state index in [0.717, 1.165) is 32.1 Å². The molecule has 20 heavy (non-hydrogen) atoms. The zero-order valence-corrected chi connectivity index (χ0v) is 12.2. The minimum atomic E-state index is -0.773. The first-order valence-electron chi connectivity index (χ1n) is 6.89. The van der Waals surface area contributed by atoms with Gasteiger partial charge in [-0.15, -0.1) is 0 Å². The van der Waals surface area contributed by atoms with Gasteiger partial charge in [0.15, 0.2) is 0 Å². The Morgan fingerprint density at radius 2 is 2.00 bits per heavy atom. The lowest BCUT2D eigenvalue weighted by Gasteiger charge is -2.32. The lowest BCUT2D eigenvalue weighted by atomic mass is 9.85. The van der Waals surface area contributed by atoms with Crippen LogP contribution in [-0.2, 0) is 4.79 Å². The summed E-state index contributed by atoms with van der Waals surface area (Å²) in [5.41, 5.74) is -0.209. The highest BCUT2D eigenvalue weighted by atomic mass is 32.1. The lowest BCUT2D eigenvalue weighted by Crippen LogP contribution is -2.46. The molecule has 6 heteroatoms. The molecule has 0 aliphatic heterocycles. The molecule has 0 radical (unpaired) electrons. The van der Waals surface area contributed by atoms with Crippen LogP contribution in [0.1, 0.15) is 42.5 Å². The highest BCUT2D eigenvalue weighted by Gasteiger charge is 2.29. The Morgan fingerprint density at radius 3 is 2.65 bits per heavy atom. The van der Waals surface area contributed by atoms with Crippen molar-refractivity contribution in [3.05, 3.63) is 22.4 Å². The zero-order valence-electron chi connectivity index (χ0n) is 11.4. The molecule has 2 amide bonds. The van der Waals surface area contributed by atoms with Gasteiger partial charge < -0.3 is 15.7 Å². The highest BCUT2D eigenvalue weighted by molar-refractivity contribution is 7.08. The van der Waals surface area contributed by atoms with Crippen LogP contribution in [-0.4, -0.2) is 35.6 Å². The number of hydrogen-bond donors (Lipinski definition) is 3. The van der Waals surface area contributed by atoms with Gasteiger partial charge in [0.1, 0.15) is 0 Å². The van der Waals surface area contributed by atoms with Crippen molar-refractivity contribution in [2.24, 2.45) is 0 Å². The van der Waals surface area contributed by atoms with Crippen LogP contribution in [0.5, 0.6) is 0 Å². The quantitative estimate of drug-likeness (QED) is 0.766. The summed E-state index contributed by atoms with van der Waals surface area (Å²) in [4.78, 5) is 23.3. The van der Waals surface area contributed by atoms with Crippen molar-refractivity contribution in [1.82, 2.24) is 10.6 Å². The van der Waals surface area contributed by atoms with E-state index in [9.17, 15) is 14.7 Å². The first kappa shape index (κ1) is 15.0. The van der Waals surface area contributed by atoms with Gasteiger partial charge in [-0.1, -0.05) is 19.3 Å². The standard InChI is InChI=1S/C14H20N2O3S/c17-12(8-15-13(18)11-4-7-20-9-11)16-10-14(19)5-2-1-3-6-14/h4,7,9,19H,1-3,5-6,8,10H2,(H,15,18)(H,16,17). The maximum Gasteiger partial charge on any atom is 0.252 e. The molecule has 1 aromatic heterocycles. The minimum Gasteiger partial charge on any atom is -0.388 e. The SMILES string of the molecule is O=C(CNC(=O)c1ccsc1)NCC1(O)CCCCC1. The molecule has 0 aromatic carbocycles. The van der Waals surface area contributed by atoms with Crippen LogP contribution >= 0.6 is 11.3 Å². The molecule has 110 valence electrons. The molecule has 1 aromatic rings. The second-order valence-corrected chi connectivity index (χ2v) is 6.04. The van der Waals surface area contributed by atoms with Crippen molar-refractivity contribution >= 4 is 23.2 Å². The summed E-state index contributed by atoms with van der Waals surface area (Å²) >= 11 is 1.44. The first-order valence-corrected chi connectivity index (χ1v) is 7.83. The molecule has 0 unspecified atom stereocenters. The molecule has 1 fully saturated rings. The lowest BCUT2D eigenvalue weighted by molar-refractivity contribution is -0.121. The van der Waals surface area contributed by atoms with Gasteiger partial charge in [-0.25, -0.2) is 0 Å². The average Bonchev–Trinajstić information content (AvgIpc) is 2.98. The summed E-state index contributed by atoms with van der Waals surface area (Å²) in [6.07, 6.45) is 4.61. The van der Waals surface area contributed by atoms with E-state index in [1.165, 1.54) is 11.3 Å². The minimum absolute atomic E-state index is 0.0647. The van der Waals surface area contributed by atoms with E-state index in [4.69, 9.17) is 0 Å². The molecule has 3 N–H and O–H groups in total. The molecular formula is C14H20N2O3S. The molecule has 0 bridgehead atoms. The summed E-state index contributed by atoms with van der Waals surface area (Å²) in [5.74, 6) is -0.523. The van der Waals surface area contributed by atoms with E-state index in [1.807, 2.05) is 5.38 Å². The average molecular weight is 296 g/mol. The van der Waals surface area contributed by atoms with Crippen LogP contribution in [0.25, 0.3) is 0 Å².